The smallest absolute Gasteiger partial charge is 0.272 e. The molecule has 1 aliphatic heterocycles. The average molecular weight is 529 g/mol. The maximum absolute atomic E-state index is 14.9. The van der Waals surface area contributed by atoms with Crippen LogP contribution in [-0.2, 0) is 14.8 Å². The van der Waals surface area contributed by atoms with Gasteiger partial charge in [0.25, 0.3) is 21.8 Å². The van der Waals surface area contributed by atoms with Crippen molar-refractivity contribution in [3.63, 3.8) is 0 Å². The number of amides is 2. The van der Waals surface area contributed by atoms with Gasteiger partial charge in [0.15, 0.2) is 4.90 Å². The number of carbonyl (C=O) groups is 2. The van der Waals surface area contributed by atoms with Crippen molar-refractivity contribution in [3.8, 4) is 0 Å². The first-order valence-electron chi connectivity index (χ1n) is 10.6. The molecular weight excluding hydrogens is 507 g/mol. The monoisotopic (exact) mass is 528 g/mol. The first-order chi connectivity index (χ1) is 17.2. The van der Waals surface area contributed by atoms with Crippen molar-refractivity contribution in [3.05, 3.63) is 77.2 Å². The Labute approximate surface area is 211 Å². The Morgan fingerprint density at radius 3 is 2.58 bits per heavy atom. The molecule has 36 heavy (non-hydrogen) atoms. The van der Waals surface area contributed by atoms with E-state index in [0.717, 1.165) is 18.0 Å². The SMILES string of the molecule is NS/C=C(\N)C(=O)N1CCN(C(=O)c2ccc(NS(=O)(=O)c3c#ccc4cccnc34)c(F)c2)CC1. The molecule has 1 saturated heterocycles. The van der Waals surface area contributed by atoms with Gasteiger partial charge in [0.1, 0.15) is 11.5 Å². The summed E-state index contributed by atoms with van der Waals surface area (Å²) >= 11 is 0.826. The number of nitrogens with zero attached hydrogens (tertiary/aromatic N) is 3. The van der Waals surface area contributed by atoms with E-state index in [0.29, 0.717) is 5.39 Å². The third-order valence-corrected chi connectivity index (χ3v) is 7.20. The zero-order chi connectivity index (χ0) is 25.9. The quantitative estimate of drug-likeness (QED) is 0.321. The third-order valence-electron chi connectivity index (χ3n) is 5.49. The number of aromatic nitrogens is 1. The molecule has 1 fully saturated rings. The maximum Gasteiger partial charge on any atom is 0.272 e. The minimum atomic E-state index is -4.24. The number of carbonyl (C=O) groups excluding carboxylic acids is 2. The van der Waals surface area contributed by atoms with Crippen LogP contribution in [0.25, 0.3) is 10.9 Å². The van der Waals surface area contributed by atoms with Crippen molar-refractivity contribution in [1.82, 2.24) is 14.8 Å². The van der Waals surface area contributed by atoms with E-state index >= 15 is 0 Å². The number of fused-ring (bicyclic) bond motifs is 1. The van der Waals surface area contributed by atoms with Crippen LogP contribution < -0.4 is 15.6 Å². The highest BCUT2D eigenvalue weighted by Gasteiger charge is 2.27. The summed E-state index contributed by atoms with van der Waals surface area (Å²) in [6.07, 6.45) is 1.44. The minimum absolute atomic E-state index is 0.0113. The number of nitrogens with two attached hydrogens (primary N) is 2. The van der Waals surface area contributed by atoms with Crippen molar-refractivity contribution < 1.29 is 22.4 Å². The molecule has 0 radical (unpaired) electrons. The number of rotatable bonds is 6. The van der Waals surface area contributed by atoms with Crippen molar-refractivity contribution in [2.75, 3.05) is 30.9 Å². The predicted octanol–water partition coefficient (Wildman–Crippen LogP) is 1.47. The van der Waals surface area contributed by atoms with Gasteiger partial charge in [-0.2, -0.15) is 0 Å². The van der Waals surface area contributed by atoms with Crippen LogP contribution in [0.5, 0.6) is 0 Å². The summed E-state index contributed by atoms with van der Waals surface area (Å²) in [6.45, 7) is 0.955. The van der Waals surface area contributed by atoms with Gasteiger partial charge in [0.2, 0.25) is 0 Å². The number of benzene rings is 1. The molecule has 0 aliphatic carbocycles. The Morgan fingerprint density at radius 2 is 1.89 bits per heavy atom. The van der Waals surface area contributed by atoms with Crippen LogP contribution in [-0.4, -0.2) is 61.2 Å². The predicted molar refractivity (Wildman–Crippen MR) is 133 cm³/mol. The molecule has 1 aromatic heterocycles. The molecule has 186 valence electrons. The Kier molecular flexibility index (Phi) is 7.30. The van der Waals surface area contributed by atoms with E-state index in [4.69, 9.17) is 10.9 Å². The second-order valence-corrected chi connectivity index (χ2v) is 9.90. The summed E-state index contributed by atoms with van der Waals surface area (Å²) in [5.41, 5.74) is 5.57. The Balaban J connectivity index is 1.46. The van der Waals surface area contributed by atoms with Gasteiger partial charge in [-0.3, -0.25) is 24.4 Å². The maximum atomic E-state index is 14.9. The Hall–Kier alpha value is -3.86. The van der Waals surface area contributed by atoms with E-state index in [1.165, 1.54) is 33.5 Å². The van der Waals surface area contributed by atoms with Gasteiger partial charge in [-0.1, -0.05) is 24.1 Å². The van der Waals surface area contributed by atoms with Crippen LogP contribution in [0.4, 0.5) is 10.1 Å². The molecule has 2 aromatic carbocycles. The minimum Gasteiger partial charge on any atom is -0.394 e. The number of pyridine rings is 1. The normalized spacial score (nSPS) is 14.4. The fraction of sp³-hybridized carbons (Fsp3) is 0.174. The highest BCUT2D eigenvalue weighted by molar-refractivity contribution is 8.00. The molecule has 0 spiro atoms. The summed E-state index contributed by atoms with van der Waals surface area (Å²) < 4.78 is 42.9. The zero-order valence-electron chi connectivity index (χ0n) is 18.8. The zero-order valence-corrected chi connectivity index (χ0v) is 20.4. The first-order valence-corrected chi connectivity index (χ1v) is 13.0. The Bertz CT molecular complexity index is 1450. The lowest BCUT2D eigenvalue weighted by Gasteiger charge is -2.34. The number of anilines is 1. The number of hydrogen-bond acceptors (Lipinski definition) is 8. The summed E-state index contributed by atoms with van der Waals surface area (Å²) in [4.78, 5) is 31.9. The molecule has 1 aliphatic rings. The van der Waals surface area contributed by atoms with Crippen molar-refractivity contribution in [2.45, 2.75) is 4.90 Å². The number of halogens is 1. The second kappa shape index (κ2) is 10.4. The van der Waals surface area contributed by atoms with E-state index in [2.05, 4.69) is 21.8 Å². The molecule has 0 saturated carbocycles. The van der Waals surface area contributed by atoms with E-state index in [-0.39, 0.29) is 59.4 Å². The molecule has 0 atom stereocenters. The van der Waals surface area contributed by atoms with Crippen LogP contribution >= 0.6 is 11.9 Å². The molecule has 3 aromatic rings. The first kappa shape index (κ1) is 25.2. The van der Waals surface area contributed by atoms with Crippen LogP contribution in [0.2, 0.25) is 0 Å². The van der Waals surface area contributed by atoms with Gasteiger partial charge in [-0.25, -0.2) is 12.8 Å². The number of nitrogens with one attached hydrogen (secondary N) is 1. The molecule has 4 rings (SSSR count). The van der Waals surface area contributed by atoms with Gasteiger partial charge >= 0.3 is 0 Å². The summed E-state index contributed by atoms with van der Waals surface area (Å²) in [5.74, 6) is -1.75. The van der Waals surface area contributed by atoms with Crippen LogP contribution in [0, 0.1) is 17.9 Å². The lowest BCUT2D eigenvalue weighted by atomic mass is 10.1. The fourth-order valence-corrected chi connectivity index (χ4v) is 5.11. The molecule has 2 heterocycles. The van der Waals surface area contributed by atoms with Crippen molar-refractivity contribution in [1.29, 1.82) is 0 Å². The lowest BCUT2D eigenvalue weighted by molar-refractivity contribution is -0.128. The van der Waals surface area contributed by atoms with E-state index in [1.807, 2.05) is 0 Å². The lowest BCUT2D eigenvalue weighted by Crippen LogP contribution is -2.51. The molecule has 5 N–H and O–H groups in total. The average Bonchev–Trinajstić information content (AvgIpc) is 2.88. The Morgan fingerprint density at radius 1 is 1.17 bits per heavy atom. The van der Waals surface area contributed by atoms with Gasteiger partial charge in [-0.05, 0) is 36.4 Å². The fourth-order valence-electron chi connectivity index (χ4n) is 3.69. The van der Waals surface area contributed by atoms with E-state index < -0.39 is 21.7 Å². The van der Waals surface area contributed by atoms with Crippen LogP contribution in [0.3, 0.4) is 0 Å². The number of sulfonamides is 1. The largest absolute Gasteiger partial charge is 0.394 e. The molecular formula is C23H21FN6O4S2. The highest BCUT2D eigenvalue weighted by Crippen LogP contribution is 2.24. The van der Waals surface area contributed by atoms with Crippen LogP contribution in [0.1, 0.15) is 10.4 Å². The summed E-state index contributed by atoms with van der Waals surface area (Å²) in [6, 6.07) is 13.5. The molecule has 13 heteroatoms. The van der Waals surface area contributed by atoms with Gasteiger partial charge in [0.05, 0.1) is 11.2 Å². The molecule has 10 nitrogen and oxygen atoms in total. The standard InChI is InChI=1S/C23H21FN6O4S2/c24-17-13-16(22(31)29-9-11-30(12-10-29)23(32)18(25)14-35-26)6-7-19(17)28-36(33,34)20-5-1-3-15-4-2-8-27-21(15)20/h2-4,6-8,13-14,28H,9-12,25-26H2/b18-14-. The van der Waals surface area contributed by atoms with Gasteiger partial charge in [0, 0.05) is 48.7 Å². The second-order valence-electron chi connectivity index (χ2n) is 7.78. The van der Waals surface area contributed by atoms with E-state index in [9.17, 15) is 22.4 Å². The van der Waals surface area contributed by atoms with Crippen molar-refractivity contribution >= 4 is 50.4 Å². The highest BCUT2D eigenvalue weighted by atomic mass is 32.2. The molecule has 0 unspecified atom stereocenters. The molecule has 0 bridgehead atoms. The van der Waals surface area contributed by atoms with Crippen LogP contribution in [0.15, 0.2) is 58.6 Å². The number of piperazine rings is 1. The van der Waals surface area contributed by atoms with E-state index in [1.54, 1.807) is 18.2 Å². The summed E-state index contributed by atoms with van der Waals surface area (Å²) in [5, 5.41) is 7.17. The molecule has 2 amide bonds. The van der Waals surface area contributed by atoms with Gasteiger partial charge < -0.3 is 15.5 Å². The third kappa shape index (κ3) is 5.20. The van der Waals surface area contributed by atoms with Crippen molar-refractivity contribution in [2.24, 2.45) is 10.9 Å². The topological polar surface area (TPSA) is 152 Å². The number of hydrogen-bond donors (Lipinski definition) is 3. The summed E-state index contributed by atoms with van der Waals surface area (Å²) in [7, 11) is -4.24. The van der Waals surface area contributed by atoms with Gasteiger partial charge in [-0.15, -0.1) is 0 Å².